The molecule has 0 spiro atoms. The molecule has 3 nitrogen and oxygen atoms in total. The number of aromatic hydroxyl groups is 2. The zero-order valence-corrected chi connectivity index (χ0v) is 12.1. The molecule has 1 heterocycles. The Bertz CT molecular complexity index is 556. The van der Waals surface area contributed by atoms with E-state index in [-0.39, 0.29) is 23.0 Å². The van der Waals surface area contributed by atoms with E-state index in [2.05, 4.69) is 6.92 Å². The zero-order valence-electron chi connectivity index (χ0n) is 12.1. The second-order valence-corrected chi connectivity index (χ2v) is 5.72. The molecule has 0 aromatic heterocycles. The van der Waals surface area contributed by atoms with Gasteiger partial charge in [0.2, 0.25) is 0 Å². The predicted octanol–water partition coefficient (Wildman–Crippen LogP) is 3.58. The molecule has 1 saturated heterocycles. The van der Waals surface area contributed by atoms with Crippen molar-refractivity contribution in [3.8, 4) is 11.5 Å². The van der Waals surface area contributed by atoms with Crippen LogP contribution in [-0.4, -0.2) is 22.9 Å². The molecule has 1 unspecified atom stereocenters. The van der Waals surface area contributed by atoms with Crippen molar-refractivity contribution in [3.63, 3.8) is 0 Å². The zero-order chi connectivity index (χ0) is 14.9. The van der Waals surface area contributed by atoms with Gasteiger partial charge in [0.15, 0.2) is 0 Å². The van der Waals surface area contributed by atoms with Crippen LogP contribution in [0.4, 0.5) is 0 Å². The maximum Gasteiger partial charge on any atom is 0.115 e. The van der Waals surface area contributed by atoms with Crippen LogP contribution in [0.3, 0.4) is 0 Å². The van der Waals surface area contributed by atoms with Crippen LogP contribution >= 0.6 is 0 Å². The van der Waals surface area contributed by atoms with Crippen LogP contribution in [0.25, 0.3) is 0 Å². The number of hydrogen-bond donors (Lipinski definition) is 2. The molecule has 0 aliphatic carbocycles. The van der Waals surface area contributed by atoms with E-state index < -0.39 is 0 Å². The van der Waals surface area contributed by atoms with Gasteiger partial charge in [-0.3, -0.25) is 0 Å². The van der Waals surface area contributed by atoms with E-state index in [1.165, 1.54) is 0 Å². The highest BCUT2D eigenvalue weighted by Crippen LogP contribution is 2.43. The first kappa shape index (κ1) is 14.0. The quantitative estimate of drug-likeness (QED) is 0.905. The summed E-state index contributed by atoms with van der Waals surface area (Å²) < 4.78 is 5.96. The van der Waals surface area contributed by atoms with Gasteiger partial charge >= 0.3 is 0 Å². The van der Waals surface area contributed by atoms with Crippen LogP contribution in [0.5, 0.6) is 11.5 Å². The molecule has 1 atom stereocenters. The molecule has 2 aromatic rings. The van der Waals surface area contributed by atoms with Gasteiger partial charge in [0.05, 0.1) is 12.7 Å². The molecular formula is C18H20O3. The van der Waals surface area contributed by atoms with Crippen molar-refractivity contribution >= 4 is 0 Å². The van der Waals surface area contributed by atoms with Crippen molar-refractivity contribution in [1.82, 2.24) is 0 Å². The molecule has 1 aliphatic rings. The van der Waals surface area contributed by atoms with Crippen molar-refractivity contribution < 1.29 is 14.9 Å². The maximum atomic E-state index is 9.52. The van der Waals surface area contributed by atoms with Gasteiger partial charge in [0.25, 0.3) is 0 Å². The van der Waals surface area contributed by atoms with Crippen LogP contribution < -0.4 is 0 Å². The van der Waals surface area contributed by atoms with Gasteiger partial charge < -0.3 is 14.9 Å². The largest absolute Gasteiger partial charge is 0.508 e. The van der Waals surface area contributed by atoms with Crippen molar-refractivity contribution in [2.24, 2.45) is 0 Å². The third-order valence-electron chi connectivity index (χ3n) is 4.44. The van der Waals surface area contributed by atoms with Gasteiger partial charge in [-0.25, -0.2) is 0 Å². The van der Waals surface area contributed by atoms with E-state index in [0.29, 0.717) is 6.61 Å². The van der Waals surface area contributed by atoms with Crippen molar-refractivity contribution in [2.45, 2.75) is 31.3 Å². The molecule has 3 heteroatoms. The van der Waals surface area contributed by atoms with E-state index in [0.717, 1.165) is 24.0 Å². The second kappa shape index (κ2) is 5.41. The van der Waals surface area contributed by atoms with Gasteiger partial charge in [0, 0.05) is 5.41 Å². The monoisotopic (exact) mass is 284 g/mol. The predicted molar refractivity (Wildman–Crippen MR) is 81.6 cm³/mol. The number of phenols is 2. The molecule has 3 rings (SSSR count). The minimum absolute atomic E-state index is 0.206. The lowest BCUT2D eigenvalue weighted by Gasteiger charge is -2.29. The smallest absolute Gasteiger partial charge is 0.115 e. The lowest BCUT2D eigenvalue weighted by atomic mass is 9.72. The summed E-state index contributed by atoms with van der Waals surface area (Å²) in [6, 6.07) is 14.7. The van der Waals surface area contributed by atoms with Crippen molar-refractivity contribution in [1.29, 1.82) is 0 Å². The van der Waals surface area contributed by atoms with E-state index >= 15 is 0 Å². The highest BCUT2D eigenvalue weighted by molar-refractivity contribution is 5.44. The third kappa shape index (κ3) is 2.49. The summed E-state index contributed by atoms with van der Waals surface area (Å²) in [5.41, 5.74) is 2.08. The molecule has 21 heavy (non-hydrogen) atoms. The molecule has 0 saturated carbocycles. The molecule has 0 radical (unpaired) electrons. The molecule has 0 bridgehead atoms. The molecule has 0 amide bonds. The fourth-order valence-electron chi connectivity index (χ4n) is 3.16. The van der Waals surface area contributed by atoms with Crippen LogP contribution in [0.2, 0.25) is 0 Å². The first-order valence-corrected chi connectivity index (χ1v) is 7.35. The minimum Gasteiger partial charge on any atom is -0.508 e. The highest BCUT2D eigenvalue weighted by Gasteiger charge is 2.42. The average Bonchev–Trinajstić information content (AvgIpc) is 2.94. The summed E-state index contributed by atoms with van der Waals surface area (Å²) in [7, 11) is 0. The Morgan fingerprint density at radius 1 is 0.952 bits per heavy atom. The number of phenolic OH excluding ortho intramolecular Hbond substituents is 2. The third-order valence-corrected chi connectivity index (χ3v) is 4.44. The van der Waals surface area contributed by atoms with Gasteiger partial charge in [0.1, 0.15) is 11.5 Å². The number of rotatable bonds is 3. The normalized spacial score (nSPS) is 20.5. The van der Waals surface area contributed by atoms with Crippen LogP contribution in [-0.2, 0) is 10.2 Å². The standard InChI is InChI=1S/C18H20O3/c1-2-17-11-18(12-21-17,13-3-7-15(19)8-4-13)14-5-9-16(20)10-6-14/h3-10,17,19-20H,2,11-12H2,1H3. The summed E-state index contributed by atoms with van der Waals surface area (Å²) in [5, 5.41) is 19.0. The number of ether oxygens (including phenoxy) is 1. The first-order valence-electron chi connectivity index (χ1n) is 7.35. The Morgan fingerprint density at radius 2 is 1.43 bits per heavy atom. The second-order valence-electron chi connectivity index (χ2n) is 5.72. The summed E-state index contributed by atoms with van der Waals surface area (Å²) in [4.78, 5) is 0. The lowest BCUT2D eigenvalue weighted by molar-refractivity contribution is 0.103. The lowest BCUT2D eigenvalue weighted by Crippen LogP contribution is -2.28. The summed E-state index contributed by atoms with van der Waals surface area (Å²) in [5.74, 6) is 0.538. The summed E-state index contributed by atoms with van der Waals surface area (Å²) >= 11 is 0. The van der Waals surface area contributed by atoms with Crippen molar-refractivity contribution in [3.05, 3.63) is 59.7 Å². The fourth-order valence-corrected chi connectivity index (χ4v) is 3.16. The summed E-state index contributed by atoms with van der Waals surface area (Å²) in [6.07, 6.45) is 2.14. The van der Waals surface area contributed by atoms with Crippen LogP contribution in [0.1, 0.15) is 30.9 Å². The molecular weight excluding hydrogens is 264 g/mol. The van der Waals surface area contributed by atoms with Gasteiger partial charge in [-0.1, -0.05) is 31.2 Å². The Hall–Kier alpha value is -2.00. The van der Waals surface area contributed by atoms with Gasteiger partial charge in [-0.15, -0.1) is 0 Å². The first-order chi connectivity index (χ1) is 10.1. The number of benzene rings is 2. The maximum absolute atomic E-state index is 9.52. The Labute approximate surface area is 124 Å². The van der Waals surface area contributed by atoms with E-state index in [4.69, 9.17) is 4.74 Å². The molecule has 2 aromatic carbocycles. The highest BCUT2D eigenvalue weighted by atomic mass is 16.5. The molecule has 1 aliphatic heterocycles. The van der Waals surface area contributed by atoms with Crippen LogP contribution in [0.15, 0.2) is 48.5 Å². The van der Waals surface area contributed by atoms with Gasteiger partial charge in [-0.2, -0.15) is 0 Å². The summed E-state index contributed by atoms with van der Waals surface area (Å²) in [6.45, 7) is 2.76. The molecule has 110 valence electrons. The molecule has 1 fully saturated rings. The van der Waals surface area contributed by atoms with E-state index in [9.17, 15) is 10.2 Å². The Balaban J connectivity index is 2.07. The SMILES string of the molecule is CCC1CC(c2ccc(O)cc2)(c2ccc(O)cc2)CO1. The van der Waals surface area contributed by atoms with Gasteiger partial charge in [-0.05, 0) is 48.2 Å². The van der Waals surface area contributed by atoms with Crippen LogP contribution in [0, 0.1) is 0 Å². The van der Waals surface area contributed by atoms with E-state index in [1.54, 1.807) is 24.3 Å². The minimum atomic E-state index is -0.206. The van der Waals surface area contributed by atoms with Crippen molar-refractivity contribution in [2.75, 3.05) is 6.61 Å². The number of hydrogen-bond acceptors (Lipinski definition) is 3. The topological polar surface area (TPSA) is 49.7 Å². The fraction of sp³-hybridized carbons (Fsp3) is 0.333. The molecule has 2 N–H and O–H groups in total. The Morgan fingerprint density at radius 3 is 1.81 bits per heavy atom. The average molecular weight is 284 g/mol. The Kier molecular flexibility index (Phi) is 3.60. The van der Waals surface area contributed by atoms with E-state index in [1.807, 2.05) is 24.3 Å².